The number of aromatic nitrogens is 2. The number of aryl methyl sites for hydroxylation is 1. The van der Waals surface area contributed by atoms with E-state index in [9.17, 15) is 18.5 Å². The molecule has 10 heteroatoms. The second-order valence-corrected chi connectivity index (χ2v) is 5.88. The fraction of sp³-hybridized carbons (Fsp3) is 0.273. The lowest BCUT2D eigenvalue weighted by Gasteiger charge is -2.05. The third-order valence-electron chi connectivity index (χ3n) is 2.54. The minimum Gasteiger partial charge on any atom is -0.426 e. The molecule has 2 rings (SSSR count). The number of nitrogens with one attached hydrogen (secondary N) is 1. The van der Waals surface area contributed by atoms with Crippen molar-refractivity contribution >= 4 is 15.7 Å². The van der Waals surface area contributed by atoms with Crippen LogP contribution in [0.5, 0.6) is 0 Å². The standard InChI is InChI=1S/C11H12N4O5S/c1-8-13-14-11(20-8)5-6-12-21(18,19)10-4-2-3-9(7-10)15(16)17/h2-4,7,12H,5-6H2,1H3. The van der Waals surface area contributed by atoms with Gasteiger partial charge in [-0.15, -0.1) is 10.2 Å². The molecule has 0 bridgehead atoms. The van der Waals surface area contributed by atoms with Gasteiger partial charge in [-0.05, 0) is 6.07 Å². The molecule has 0 unspecified atom stereocenters. The van der Waals surface area contributed by atoms with E-state index < -0.39 is 14.9 Å². The molecule has 0 amide bonds. The van der Waals surface area contributed by atoms with Crippen LogP contribution in [0, 0.1) is 17.0 Å². The molecule has 21 heavy (non-hydrogen) atoms. The Morgan fingerprint density at radius 2 is 2.14 bits per heavy atom. The number of sulfonamides is 1. The summed E-state index contributed by atoms with van der Waals surface area (Å²) in [5, 5.41) is 18.0. The molecule has 1 aromatic carbocycles. The van der Waals surface area contributed by atoms with Crippen LogP contribution < -0.4 is 4.72 Å². The van der Waals surface area contributed by atoms with Gasteiger partial charge in [-0.2, -0.15) is 0 Å². The van der Waals surface area contributed by atoms with Crippen LogP contribution in [0.3, 0.4) is 0 Å². The summed E-state index contributed by atoms with van der Waals surface area (Å²) in [6.45, 7) is 1.68. The van der Waals surface area contributed by atoms with Gasteiger partial charge in [-0.3, -0.25) is 10.1 Å². The summed E-state index contributed by atoms with van der Waals surface area (Å²) in [7, 11) is -3.82. The summed E-state index contributed by atoms with van der Waals surface area (Å²) in [5.41, 5.74) is -0.287. The number of nitro groups is 1. The second kappa shape index (κ2) is 5.97. The van der Waals surface area contributed by atoms with E-state index in [-0.39, 0.29) is 23.5 Å². The summed E-state index contributed by atoms with van der Waals surface area (Å²) in [6.07, 6.45) is 0.231. The van der Waals surface area contributed by atoms with Gasteiger partial charge in [0.05, 0.1) is 9.82 Å². The van der Waals surface area contributed by atoms with Gasteiger partial charge in [0.25, 0.3) is 5.69 Å². The Balaban J connectivity index is 2.04. The highest BCUT2D eigenvalue weighted by molar-refractivity contribution is 7.89. The number of non-ortho nitro benzene ring substituents is 1. The zero-order valence-electron chi connectivity index (χ0n) is 11.0. The highest BCUT2D eigenvalue weighted by atomic mass is 32.2. The first-order valence-electron chi connectivity index (χ1n) is 5.91. The van der Waals surface area contributed by atoms with E-state index in [4.69, 9.17) is 4.42 Å². The maximum atomic E-state index is 12.0. The van der Waals surface area contributed by atoms with E-state index in [0.29, 0.717) is 11.8 Å². The molecule has 0 aliphatic rings. The van der Waals surface area contributed by atoms with Crippen LogP contribution in [-0.2, 0) is 16.4 Å². The maximum absolute atomic E-state index is 12.0. The van der Waals surface area contributed by atoms with Crippen LogP contribution in [-0.4, -0.2) is 30.1 Å². The molecule has 0 aliphatic heterocycles. The predicted molar refractivity (Wildman–Crippen MR) is 71.0 cm³/mol. The first-order chi connectivity index (χ1) is 9.88. The van der Waals surface area contributed by atoms with Crippen molar-refractivity contribution in [2.75, 3.05) is 6.54 Å². The molecule has 1 N–H and O–H groups in total. The van der Waals surface area contributed by atoms with E-state index in [1.165, 1.54) is 18.2 Å². The van der Waals surface area contributed by atoms with Gasteiger partial charge in [0.2, 0.25) is 21.8 Å². The van der Waals surface area contributed by atoms with Gasteiger partial charge in [0, 0.05) is 32.0 Å². The van der Waals surface area contributed by atoms with Crippen molar-refractivity contribution in [3.63, 3.8) is 0 Å². The molecule has 0 radical (unpaired) electrons. The lowest BCUT2D eigenvalue weighted by Crippen LogP contribution is -2.26. The molecular weight excluding hydrogens is 300 g/mol. The summed E-state index contributed by atoms with van der Waals surface area (Å²) in [5.74, 6) is 0.709. The largest absolute Gasteiger partial charge is 0.426 e. The van der Waals surface area contributed by atoms with Crippen LogP contribution in [0.25, 0.3) is 0 Å². The Morgan fingerprint density at radius 1 is 1.38 bits per heavy atom. The van der Waals surface area contributed by atoms with Gasteiger partial charge in [-0.1, -0.05) is 6.07 Å². The van der Waals surface area contributed by atoms with Gasteiger partial charge in [-0.25, -0.2) is 13.1 Å². The van der Waals surface area contributed by atoms with E-state index >= 15 is 0 Å². The van der Waals surface area contributed by atoms with Crippen LogP contribution in [0.1, 0.15) is 11.8 Å². The number of nitro benzene ring substituents is 1. The van der Waals surface area contributed by atoms with Crippen LogP contribution in [0.4, 0.5) is 5.69 Å². The SMILES string of the molecule is Cc1nnc(CCNS(=O)(=O)c2cccc([N+](=O)[O-])c2)o1. The first-order valence-corrected chi connectivity index (χ1v) is 7.40. The Labute approximate surface area is 120 Å². The summed E-state index contributed by atoms with van der Waals surface area (Å²) < 4.78 is 31.4. The number of rotatable bonds is 6. The number of hydrogen-bond acceptors (Lipinski definition) is 7. The van der Waals surface area contributed by atoms with Gasteiger partial charge in [0.1, 0.15) is 0 Å². The summed E-state index contributed by atoms with van der Waals surface area (Å²) in [4.78, 5) is 9.82. The van der Waals surface area contributed by atoms with Crippen molar-refractivity contribution in [3.05, 3.63) is 46.2 Å². The van der Waals surface area contributed by atoms with Gasteiger partial charge in [0.15, 0.2) is 0 Å². The normalized spacial score (nSPS) is 11.5. The number of benzene rings is 1. The van der Waals surface area contributed by atoms with Crippen molar-refractivity contribution in [3.8, 4) is 0 Å². The molecular formula is C11H12N4O5S. The quantitative estimate of drug-likeness (QED) is 0.617. The molecule has 0 aliphatic carbocycles. The predicted octanol–water partition coefficient (Wildman–Crippen LogP) is 0.807. The van der Waals surface area contributed by atoms with Crippen molar-refractivity contribution < 1.29 is 17.8 Å². The Kier molecular flexibility index (Phi) is 4.29. The van der Waals surface area contributed by atoms with Crippen molar-refractivity contribution in [1.29, 1.82) is 0 Å². The number of nitrogens with zero attached hydrogens (tertiary/aromatic N) is 3. The van der Waals surface area contributed by atoms with Crippen LogP contribution in [0.15, 0.2) is 33.6 Å². The lowest BCUT2D eigenvalue weighted by molar-refractivity contribution is -0.385. The second-order valence-electron chi connectivity index (χ2n) is 4.12. The average molecular weight is 312 g/mol. The Morgan fingerprint density at radius 3 is 2.76 bits per heavy atom. The average Bonchev–Trinajstić information content (AvgIpc) is 2.84. The van der Waals surface area contributed by atoms with E-state index in [0.717, 1.165) is 6.07 Å². The van der Waals surface area contributed by atoms with E-state index in [1.807, 2.05) is 0 Å². The van der Waals surface area contributed by atoms with Gasteiger partial charge >= 0.3 is 0 Å². The van der Waals surface area contributed by atoms with Crippen LogP contribution in [0.2, 0.25) is 0 Å². The minimum atomic E-state index is -3.82. The van der Waals surface area contributed by atoms with E-state index in [1.54, 1.807) is 6.92 Å². The first kappa shape index (κ1) is 15.1. The third-order valence-corrected chi connectivity index (χ3v) is 4.00. The zero-order chi connectivity index (χ0) is 15.5. The fourth-order valence-corrected chi connectivity index (χ4v) is 2.65. The third kappa shape index (κ3) is 3.83. The molecule has 1 aromatic heterocycles. The van der Waals surface area contributed by atoms with Gasteiger partial charge < -0.3 is 4.42 Å². The summed E-state index contributed by atoms with van der Waals surface area (Å²) >= 11 is 0. The minimum absolute atomic E-state index is 0.0483. The lowest BCUT2D eigenvalue weighted by atomic mass is 10.3. The van der Waals surface area contributed by atoms with Crippen LogP contribution >= 0.6 is 0 Å². The topological polar surface area (TPSA) is 128 Å². The van der Waals surface area contributed by atoms with Crippen molar-refractivity contribution in [2.24, 2.45) is 0 Å². The molecule has 0 spiro atoms. The van der Waals surface area contributed by atoms with Crippen molar-refractivity contribution in [1.82, 2.24) is 14.9 Å². The molecule has 9 nitrogen and oxygen atoms in total. The molecule has 0 saturated heterocycles. The smallest absolute Gasteiger partial charge is 0.270 e. The summed E-state index contributed by atoms with van der Waals surface area (Å²) in [6, 6.07) is 4.82. The molecule has 0 saturated carbocycles. The highest BCUT2D eigenvalue weighted by Crippen LogP contribution is 2.17. The van der Waals surface area contributed by atoms with Crippen molar-refractivity contribution in [2.45, 2.75) is 18.2 Å². The highest BCUT2D eigenvalue weighted by Gasteiger charge is 2.17. The maximum Gasteiger partial charge on any atom is 0.270 e. The Bertz CT molecular complexity index is 755. The molecule has 112 valence electrons. The Hall–Kier alpha value is -2.33. The molecule has 1 heterocycles. The molecule has 0 atom stereocenters. The zero-order valence-corrected chi connectivity index (χ0v) is 11.8. The monoisotopic (exact) mass is 312 g/mol. The molecule has 0 fully saturated rings. The number of hydrogen-bond donors (Lipinski definition) is 1. The molecule has 2 aromatic rings. The van der Waals surface area contributed by atoms with E-state index in [2.05, 4.69) is 14.9 Å². The fourth-order valence-electron chi connectivity index (χ4n) is 1.58.